The van der Waals surface area contributed by atoms with E-state index in [1.54, 1.807) is 0 Å². The third-order valence-corrected chi connectivity index (χ3v) is 4.93. The van der Waals surface area contributed by atoms with Crippen molar-refractivity contribution >= 4 is 17.7 Å². The normalized spacial score (nSPS) is 12.0. The number of carbonyl (C=O) groups is 1. The third-order valence-electron chi connectivity index (χ3n) is 3.69. The van der Waals surface area contributed by atoms with Crippen molar-refractivity contribution in [1.29, 1.82) is 0 Å². The van der Waals surface area contributed by atoms with Gasteiger partial charge in [0.15, 0.2) is 5.16 Å². The topological polar surface area (TPSA) is 66.0 Å². The highest BCUT2D eigenvalue weighted by atomic mass is 32.2. The van der Waals surface area contributed by atoms with Gasteiger partial charge >= 0.3 is 5.97 Å². The number of hydrogen-bond acceptors (Lipinski definition) is 3. The second-order valence-corrected chi connectivity index (χ2v) is 6.54. The molecule has 122 valence electrons. The Morgan fingerprint density at radius 2 is 1.67 bits per heavy atom. The monoisotopic (exact) mass is 338 g/mol. The van der Waals surface area contributed by atoms with Gasteiger partial charge in [-0.3, -0.25) is 4.79 Å². The zero-order valence-corrected chi connectivity index (χ0v) is 14.1. The van der Waals surface area contributed by atoms with E-state index in [2.05, 4.69) is 9.97 Å². The quantitative estimate of drug-likeness (QED) is 0.639. The van der Waals surface area contributed by atoms with Gasteiger partial charge in [-0.2, -0.15) is 0 Å². The molecular weight excluding hydrogens is 320 g/mol. The molecule has 4 nitrogen and oxygen atoms in total. The van der Waals surface area contributed by atoms with E-state index in [0.717, 1.165) is 22.5 Å². The molecule has 3 aromatic rings. The Morgan fingerprint density at radius 3 is 2.21 bits per heavy atom. The maximum atomic E-state index is 11.3. The number of hydrogen-bond donors (Lipinski definition) is 2. The number of rotatable bonds is 6. The fourth-order valence-corrected chi connectivity index (χ4v) is 3.31. The van der Waals surface area contributed by atoms with Crippen LogP contribution >= 0.6 is 11.8 Å². The molecule has 1 aromatic heterocycles. The summed E-state index contributed by atoms with van der Waals surface area (Å²) in [4.78, 5) is 19.3. The second-order valence-electron chi connectivity index (χ2n) is 5.35. The molecule has 24 heavy (non-hydrogen) atoms. The molecule has 1 atom stereocenters. The lowest BCUT2D eigenvalue weighted by molar-refractivity contribution is -0.136. The molecule has 0 spiro atoms. The van der Waals surface area contributed by atoms with E-state index < -0.39 is 11.2 Å². The molecule has 3 rings (SSSR count). The minimum Gasteiger partial charge on any atom is -0.480 e. The first-order valence-electron chi connectivity index (χ1n) is 7.79. The molecule has 0 radical (unpaired) electrons. The summed E-state index contributed by atoms with van der Waals surface area (Å²) in [6.07, 6.45) is 0.544. The highest BCUT2D eigenvalue weighted by Crippen LogP contribution is 2.34. The smallest absolute Gasteiger partial charge is 0.317 e. The molecule has 2 aromatic carbocycles. The molecule has 0 unspecified atom stereocenters. The van der Waals surface area contributed by atoms with Crippen molar-refractivity contribution in [3.63, 3.8) is 0 Å². The minimum atomic E-state index is -0.818. The van der Waals surface area contributed by atoms with Gasteiger partial charge in [-0.05, 0) is 6.42 Å². The standard InChI is InChI=1S/C19H18N2O2S/c1-2-15(18(22)23)24-19-20-16(13-9-5-3-6-10-13)17(21-19)14-11-7-4-8-12-14/h3-12,15H,2H2,1H3,(H,20,21)(H,22,23)/t15-/m0/s1. The van der Waals surface area contributed by atoms with Gasteiger partial charge in [-0.25, -0.2) is 4.98 Å². The Bertz CT molecular complexity index is 759. The van der Waals surface area contributed by atoms with Gasteiger partial charge in [0, 0.05) is 11.1 Å². The Hall–Kier alpha value is -2.53. The molecule has 0 saturated carbocycles. The van der Waals surface area contributed by atoms with Gasteiger partial charge in [0.2, 0.25) is 0 Å². The van der Waals surface area contributed by atoms with Crippen LogP contribution in [0.5, 0.6) is 0 Å². The van der Waals surface area contributed by atoms with Crippen molar-refractivity contribution in [1.82, 2.24) is 9.97 Å². The van der Waals surface area contributed by atoms with Crippen LogP contribution in [0.1, 0.15) is 13.3 Å². The Labute approximate surface area is 145 Å². The number of nitrogens with one attached hydrogen (secondary N) is 1. The summed E-state index contributed by atoms with van der Waals surface area (Å²) in [5, 5.41) is 9.40. The van der Waals surface area contributed by atoms with Crippen molar-refractivity contribution in [2.24, 2.45) is 0 Å². The van der Waals surface area contributed by atoms with Crippen LogP contribution in [0.15, 0.2) is 65.8 Å². The molecule has 0 aliphatic heterocycles. The Morgan fingerprint density at radius 1 is 1.08 bits per heavy atom. The summed E-state index contributed by atoms with van der Waals surface area (Å²) in [5.41, 5.74) is 3.77. The van der Waals surface area contributed by atoms with Gasteiger partial charge in [-0.15, -0.1) is 0 Å². The van der Waals surface area contributed by atoms with E-state index in [1.165, 1.54) is 11.8 Å². The van der Waals surface area contributed by atoms with E-state index in [1.807, 2.05) is 67.6 Å². The number of thioether (sulfide) groups is 1. The van der Waals surface area contributed by atoms with E-state index in [9.17, 15) is 9.90 Å². The largest absolute Gasteiger partial charge is 0.480 e. The van der Waals surface area contributed by atoms with Crippen LogP contribution in [0.25, 0.3) is 22.5 Å². The maximum Gasteiger partial charge on any atom is 0.317 e. The molecule has 0 amide bonds. The Balaban J connectivity index is 2.05. The first kappa shape index (κ1) is 16.3. The lowest BCUT2D eigenvalue weighted by Gasteiger charge is -2.05. The molecule has 0 bridgehead atoms. The van der Waals surface area contributed by atoms with Gasteiger partial charge in [0.05, 0.1) is 11.4 Å². The van der Waals surface area contributed by atoms with Crippen LogP contribution in [0.2, 0.25) is 0 Å². The van der Waals surface area contributed by atoms with Crippen LogP contribution in [-0.4, -0.2) is 26.3 Å². The zero-order chi connectivity index (χ0) is 16.9. The van der Waals surface area contributed by atoms with Crippen molar-refractivity contribution in [2.75, 3.05) is 0 Å². The molecule has 1 heterocycles. The first-order valence-corrected chi connectivity index (χ1v) is 8.67. The summed E-state index contributed by atoms with van der Waals surface area (Å²) in [6.45, 7) is 1.87. The van der Waals surface area contributed by atoms with Gasteiger partial charge in [0.1, 0.15) is 5.25 Å². The first-order chi connectivity index (χ1) is 11.7. The maximum absolute atomic E-state index is 11.3. The lowest BCUT2D eigenvalue weighted by atomic mass is 10.1. The number of H-pyrrole nitrogens is 1. The number of aromatic nitrogens is 2. The summed E-state index contributed by atoms with van der Waals surface area (Å²) in [7, 11) is 0. The molecular formula is C19H18N2O2S. The molecule has 0 saturated heterocycles. The van der Waals surface area contributed by atoms with Gasteiger partial charge in [0.25, 0.3) is 0 Å². The number of aliphatic carboxylic acids is 1. The SMILES string of the molecule is CC[C@H](Sc1nc(-c2ccccc2)c(-c2ccccc2)[nH]1)C(=O)O. The summed E-state index contributed by atoms with van der Waals surface area (Å²) < 4.78 is 0. The molecule has 5 heteroatoms. The summed E-state index contributed by atoms with van der Waals surface area (Å²) in [6, 6.07) is 19.9. The minimum absolute atomic E-state index is 0.511. The second kappa shape index (κ2) is 7.36. The van der Waals surface area contributed by atoms with Crippen molar-refractivity contribution < 1.29 is 9.90 Å². The number of carboxylic acid groups (broad SMARTS) is 1. The van der Waals surface area contributed by atoms with E-state index in [0.29, 0.717) is 11.6 Å². The summed E-state index contributed by atoms with van der Waals surface area (Å²) >= 11 is 1.25. The highest BCUT2D eigenvalue weighted by molar-refractivity contribution is 8.00. The number of benzene rings is 2. The molecule has 0 aliphatic rings. The Kier molecular flexibility index (Phi) is 5.01. The van der Waals surface area contributed by atoms with Crippen molar-refractivity contribution in [3.8, 4) is 22.5 Å². The predicted octanol–water partition coefficient (Wildman–Crippen LogP) is 4.70. The average molecular weight is 338 g/mol. The zero-order valence-electron chi connectivity index (χ0n) is 13.3. The summed E-state index contributed by atoms with van der Waals surface area (Å²) in [5.74, 6) is -0.818. The van der Waals surface area contributed by atoms with Crippen molar-refractivity contribution in [2.45, 2.75) is 23.8 Å². The fraction of sp³-hybridized carbons (Fsp3) is 0.158. The van der Waals surface area contributed by atoms with Gasteiger partial charge < -0.3 is 10.1 Å². The highest BCUT2D eigenvalue weighted by Gasteiger charge is 2.21. The lowest BCUT2D eigenvalue weighted by Crippen LogP contribution is -2.14. The van der Waals surface area contributed by atoms with Crippen LogP contribution in [-0.2, 0) is 4.79 Å². The molecule has 2 N–H and O–H groups in total. The molecule has 0 aliphatic carbocycles. The number of carboxylic acids is 1. The number of imidazole rings is 1. The fourth-order valence-electron chi connectivity index (χ4n) is 2.47. The number of aromatic amines is 1. The van der Waals surface area contributed by atoms with Crippen LogP contribution in [0.3, 0.4) is 0 Å². The van der Waals surface area contributed by atoms with Gasteiger partial charge in [-0.1, -0.05) is 79.3 Å². The molecule has 0 fully saturated rings. The van der Waals surface area contributed by atoms with Crippen molar-refractivity contribution in [3.05, 3.63) is 60.7 Å². The van der Waals surface area contributed by atoms with E-state index in [-0.39, 0.29) is 0 Å². The van der Waals surface area contributed by atoms with Crippen LogP contribution in [0.4, 0.5) is 0 Å². The predicted molar refractivity (Wildman–Crippen MR) is 97.0 cm³/mol. The average Bonchev–Trinajstić information content (AvgIpc) is 3.05. The number of nitrogens with zero attached hydrogens (tertiary/aromatic N) is 1. The third kappa shape index (κ3) is 3.51. The van der Waals surface area contributed by atoms with E-state index in [4.69, 9.17) is 0 Å². The van der Waals surface area contributed by atoms with E-state index >= 15 is 0 Å². The van der Waals surface area contributed by atoms with Crippen LogP contribution in [0, 0.1) is 0 Å². The van der Waals surface area contributed by atoms with Crippen LogP contribution < -0.4 is 0 Å².